The molecule has 5 rings (SSSR count). The van der Waals surface area contributed by atoms with Crippen molar-refractivity contribution in [2.45, 2.75) is 24.4 Å². The molecule has 2 aliphatic rings. The van der Waals surface area contributed by atoms with Gasteiger partial charge < -0.3 is 19.7 Å². The van der Waals surface area contributed by atoms with Crippen molar-refractivity contribution in [2.24, 2.45) is 0 Å². The van der Waals surface area contributed by atoms with Crippen LogP contribution in [0.4, 0.5) is 0 Å². The summed E-state index contributed by atoms with van der Waals surface area (Å²) in [5, 5.41) is 3.34. The summed E-state index contributed by atoms with van der Waals surface area (Å²) in [5.74, 6) is 0.957. The first-order valence-electron chi connectivity index (χ1n) is 13.6. The van der Waals surface area contributed by atoms with E-state index >= 15 is 0 Å². The third-order valence-electron chi connectivity index (χ3n) is 7.10. The van der Waals surface area contributed by atoms with Gasteiger partial charge in [-0.3, -0.25) is 14.5 Å². The Balaban J connectivity index is 1.26. The van der Waals surface area contributed by atoms with E-state index < -0.39 is 6.04 Å². The predicted octanol–water partition coefficient (Wildman–Crippen LogP) is 5.01. The van der Waals surface area contributed by atoms with Crippen LogP contribution in [-0.4, -0.2) is 72.8 Å². The number of morpholine rings is 1. The van der Waals surface area contributed by atoms with Gasteiger partial charge in [-0.2, -0.15) is 0 Å². The summed E-state index contributed by atoms with van der Waals surface area (Å²) in [5.41, 5.74) is 2.54. The number of halogens is 1. The van der Waals surface area contributed by atoms with Crippen molar-refractivity contribution < 1.29 is 19.1 Å². The highest BCUT2D eigenvalue weighted by molar-refractivity contribution is 7.99. The first-order chi connectivity index (χ1) is 19.6. The highest BCUT2D eigenvalue weighted by Gasteiger charge is 2.42. The maximum atomic E-state index is 13.8. The fraction of sp³-hybridized carbons (Fsp3) is 0.355. The van der Waals surface area contributed by atoms with Gasteiger partial charge in [0.1, 0.15) is 23.8 Å². The monoisotopic (exact) mass is 579 g/mol. The molecule has 3 aromatic carbocycles. The Bertz CT molecular complexity index is 1250. The number of carbonyl (C=O) groups is 2. The molecule has 210 valence electrons. The summed E-state index contributed by atoms with van der Waals surface area (Å²) in [6.45, 7) is 5.33. The molecular formula is C31H34ClN3O4S. The molecule has 0 aliphatic carbocycles. The van der Waals surface area contributed by atoms with E-state index in [2.05, 4.69) is 10.2 Å². The Kier molecular flexibility index (Phi) is 10.00. The highest BCUT2D eigenvalue weighted by Crippen LogP contribution is 2.42. The number of ether oxygens (including phenoxy) is 2. The molecule has 2 heterocycles. The number of benzene rings is 3. The van der Waals surface area contributed by atoms with Gasteiger partial charge in [0.2, 0.25) is 5.91 Å². The largest absolute Gasteiger partial charge is 0.489 e. The molecule has 2 saturated heterocycles. The van der Waals surface area contributed by atoms with E-state index in [4.69, 9.17) is 21.1 Å². The van der Waals surface area contributed by atoms with Crippen molar-refractivity contribution in [1.82, 2.24) is 15.1 Å². The Morgan fingerprint density at radius 2 is 1.70 bits per heavy atom. The molecule has 9 heteroatoms. The lowest BCUT2D eigenvalue weighted by Crippen LogP contribution is -2.48. The molecule has 2 amide bonds. The molecule has 2 aliphatic heterocycles. The first kappa shape index (κ1) is 28.5. The summed E-state index contributed by atoms with van der Waals surface area (Å²) >= 11 is 7.67. The number of nitrogens with zero attached hydrogens (tertiary/aromatic N) is 2. The average Bonchev–Trinajstić information content (AvgIpc) is 3.45. The number of nitrogens with one attached hydrogen (secondary N) is 1. The molecule has 40 heavy (non-hydrogen) atoms. The minimum atomic E-state index is -0.574. The molecule has 2 fully saturated rings. The van der Waals surface area contributed by atoms with Crippen LogP contribution in [-0.2, 0) is 16.1 Å². The molecule has 0 bridgehead atoms. The molecule has 7 nitrogen and oxygen atoms in total. The predicted molar refractivity (Wildman–Crippen MR) is 159 cm³/mol. The van der Waals surface area contributed by atoms with E-state index in [1.807, 2.05) is 54.6 Å². The van der Waals surface area contributed by atoms with Gasteiger partial charge in [-0.1, -0.05) is 54.1 Å². The molecule has 2 atom stereocenters. The summed E-state index contributed by atoms with van der Waals surface area (Å²) in [6, 6.07) is 24.0. The fourth-order valence-corrected chi connectivity index (χ4v) is 6.44. The minimum absolute atomic E-state index is 0.123. The van der Waals surface area contributed by atoms with Gasteiger partial charge in [-0.15, -0.1) is 11.8 Å². The second kappa shape index (κ2) is 14.0. The maximum Gasteiger partial charge on any atom is 0.255 e. The Labute approximate surface area is 244 Å². The van der Waals surface area contributed by atoms with E-state index in [0.29, 0.717) is 29.5 Å². The van der Waals surface area contributed by atoms with Crippen molar-refractivity contribution in [3.63, 3.8) is 0 Å². The summed E-state index contributed by atoms with van der Waals surface area (Å²) in [6.07, 6.45) is 0.852. The maximum absolute atomic E-state index is 13.8. The standard InChI is InChI=1S/C31H34ClN3O4S/c32-26-11-7-24(8-12-26)30(37)35-28(29(36)33-15-4-16-34-17-19-38-20-18-34)22-40-31(35)25-9-13-27(14-10-25)39-21-23-5-2-1-3-6-23/h1-3,5-14,28,31H,4,15-22H2,(H,33,36). The molecule has 0 aromatic heterocycles. The van der Waals surface area contributed by atoms with Crippen LogP contribution < -0.4 is 10.1 Å². The van der Waals surface area contributed by atoms with Crippen LogP contribution in [0.5, 0.6) is 5.75 Å². The molecule has 0 radical (unpaired) electrons. The van der Waals surface area contributed by atoms with E-state index in [1.54, 1.807) is 40.9 Å². The quantitative estimate of drug-likeness (QED) is 0.340. The lowest BCUT2D eigenvalue weighted by Gasteiger charge is -2.29. The summed E-state index contributed by atoms with van der Waals surface area (Å²) in [4.78, 5) is 31.2. The van der Waals surface area contributed by atoms with Gasteiger partial charge in [-0.05, 0) is 60.5 Å². The van der Waals surface area contributed by atoms with Gasteiger partial charge in [0.25, 0.3) is 5.91 Å². The van der Waals surface area contributed by atoms with Crippen molar-refractivity contribution in [3.05, 3.63) is 101 Å². The summed E-state index contributed by atoms with van der Waals surface area (Å²) in [7, 11) is 0. The van der Waals surface area contributed by atoms with E-state index in [1.165, 1.54) is 0 Å². The van der Waals surface area contributed by atoms with Crippen molar-refractivity contribution in [1.29, 1.82) is 0 Å². The number of hydrogen-bond acceptors (Lipinski definition) is 6. The molecule has 1 N–H and O–H groups in total. The molecule has 0 saturated carbocycles. The lowest BCUT2D eigenvalue weighted by atomic mass is 10.1. The van der Waals surface area contributed by atoms with E-state index in [9.17, 15) is 9.59 Å². The zero-order chi connectivity index (χ0) is 27.7. The van der Waals surface area contributed by atoms with Crippen molar-refractivity contribution in [2.75, 3.05) is 45.1 Å². The van der Waals surface area contributed by atoms with Gasteiger partial charge in [0.15, 0.2) is 0 Å². The first-order valence-corrected chi connectivity index (χ1v) is 15.1. The van der Waals surface area contributed by atoms with Crippen LogP contribution in [0.2, 0.25) is 5.02 Å². The average molecular weight is 580 g/mol. The van der Waals surface area contributed by atoms with Crippen LogP contribution >= 0.6 is 23.4 Å². The number of hydrogen-bond donors (Lipinski definition) is 1. The molecule has 3 aromatic rings. The highest BCUT2D eigenvalue weighted by atomic mass is 35.5. The lowest BCUT2D eigenvalue weighted by molar-refractivity contribution is -0.124. The third-order valence-corrected chi connectivity index (χ3v) is 8.67. The number of carbonyl (C=O) groups excluding carboxylic acids is 2. The summed E-state index contributed by atoms with van der Waals surface area (Å²) < 4.78 is 11.4. The normalized spacial score (nSPS) is 19.4. The Morgan fingerprint density at radius 3 is 2.42 bits per heavy atom. The van der Waals surface area contributed by atoms with E-state index in [0.717, 1.165) is 56.1 Å². The fourth-order valence-electron chi connectivity index (χ4n) is 4.88. The number of thioether (sulfide) groups is 1. The van der Waals surface area contributed by atoms with Crippen molar-refractivity contribution >= 4 is 35.2 Å². The molecule has 2 unspecified atom stereocenters. The molecular weight excluding hydrogens is 546 g/mol. The number of rotatable bonds is 10. The zero-order valence-corrected chi connectivity index (χ0v) is 23.9. The van der Waals surface area contributed by atoms with Gasteiger partial charge in [-0.25, -0.2) is 0 Å². The second-order valence-corrected chi connectivity index (χ2v) is 11.4. The zero-order valence-electron chi connectivity index (χ0n) is 22.3. The Morgan fingerprint density at radius 1 is 0.975 bits per heavy atom. The number of amides is 2. The minimum Gasteiger partial charge on any atom is -0.489 e. The van der Waals surface area contributed by atoms with Crippen LogP contribution in [0.25, 0.3) is 0 Å². The van der Waals surface area contributed by atoms with E-state index in [-0.39, 0.29) is 17.2 Å². The molecule has 0 spiro atoms. The van der Waals surface area contributed by atoms with Gasteiger partial charge in [0, 0.05) is 36.0 Å². The van der Waals surface area contributed by atoms with Gasteiger partial charge in [0.05, 0.1) is 13.2 Å². The van der Waals surface area contributed by atoms with Crippen LogP contribution in [0.15, 0.2) is 78.9 Å². The van der Waals surface area contributed by atoms with Gasteiger partial charge >= 0.3 is 0 Å². The SMILES string of the molecule is O=C(NCCCN1CCOCC1)C1CSC(c2ccc(OCc3ccccc3)cc2)N1C(=O)c1ccc(Cl)cc1. The third kappa shape index (κ3) is 7.37. The van der Waals surface area contributed by atoms with Crippen LogP contribution in [0, 0.1) is 0 Å². The Hall–Kier alpha value is -3.04. The topological polar surface area (TPSA) is 71.1 Å². The van der Waals surface area contributed by atoms with Crippen molar-refractivity contribution in [3.8, 4) is 5.75 Å². The second-order valence-electron chi connectivity index (χ2n) is 9.86. The smallest absolute Gasteiger partial charge is 0.255 e. The van der Waals surface area contributed by atoms with Crippen LogP contribution in [0.3, 0.4) is 0 Å². The van der Waals surface area contributed by atoms with Crippen LogP contribution in [0.1, 0.15) is 33.3 Å².